The fraction of sp³-hybridized carbons (Fsp3) is 0.900. The van der Waals surface area contributed by atoms with E-state index >= 15 is 0 Å². The van der Waals surface area contributed by atoms with Gasteiger partial charge in [-0.15, -0.1) is 0 Å². The Bertz CT molecular complexity index is 785. The fourth-order valence-corrected chi connectivity index (χ4v) is 10.8. The summed E-state index contributed by atoms with van der Waals surface area (Å²) in [6, 6.07) is 2.56. The molecule has 0 radical (unpaired) electrons. The van der Waals surface area contributed by atoms with Crippen LogP contribution in [0.2, 0.25) is 0 Å². The summed E-state index contributed by atoms with van der Waals surface area (Å²) in [5, 5.41) is 0. The van der Waals surface area contributed by atoms with Crippen LogP contribution in [0.4, 0.5) is 0 Å². The molecule has 240 valence electrons. The first-order valence-corrected chi connectivity index (χ1v) is 19.6. The van der Waals surface area contributed by atoms with Crippen LogP contribution in [0.25, 0.3) is 0 Å². The van der Waals surface area contributed by atoms with E-state index in [-0.39, 0.29) is 0 Å². The lowest BCUT2D eigenvalue weighted by Gasteiger charge is -2.44. The summed E-state index contributed by atoms with van der Waals surface area (Å²) in [5.74, 6) is 3.47. The van der Waals surface area contributed by atoms with Crippen LogP contribution in [0, 0.1) is 23.7 Å². The van der Waals surface area contributed by atoms with Crippen LogP contribution < -0.4 is 0 Å². The summed E-state index contributed by atoms with van der Waals surface area (Å²) >= 11 is 0. The summed E-state index contributed by atoms with van der Waals surface area (Å²) in [6.07, 6.45) is 39.2. The van der Waals surface area contributed by atoms with Crippen molar-refractivity contribution in [1.82, 2.24) is 9.80 Å². The van der Waals surface area contributed by atoms with E-state index in [1.807, 2.05) is 11.1 Å². The van der Waals surface area contributed by atoms with Gasteiger partial charge in [-0.1, -0.05) is 102 Å². The van der Waals surface area contributed by atoms with Crippen molar-refractivity contribution in [2.45, 2.75) is 187 Å². The SMILES string of the molecule is CCN(CC)C1CCC(/C(=C/C=C(C2CCCCC2)C2CCCCC2)C2CCC(N(CC)C3CCCCC3)CC2)CC1. The Morgan fingerprint density at radius 2 is 0.762 bits per heavy atom. The molecular formula is C40H70N2. The van der Waals surface area contributed by atoms with Gasteiger partial charge in [0.25, 0.3) is 0 Å². The maximum Gasteiger partial charge on any atom is 0.00985 e. The van der Waals surface area contributed by atoms with Crippen molar-refractivity contribution < 1.29 is 0 Å². The molecule has 0 amide bonds. The summed E-state index contributed by atoms with van der Waals surface area (Å²) in [5.41, 5.74) is 3.82. The minimum absolute atomic E-state index is 0.831. The summed E-state index contributed by atoms with van der Waals surface area (Å²) < 4.78 is 0. The quantitative estimate of drug-likeness (QED) is 0.225. The van der Waals surface area contributed by atoms with Crippen LogP contribution in [0.1, 0.15) is 168 Å². The molecular weight excluding hydrogens is 508 g/mol. The number of allylic oxidation sites excluding steroid dienone is 4. The Kier molecular flexibility index (Phi) is 13.4. The minimum Gasteiger partial charge on any atom is -0.301 e. The van der Waals surface area contributed by atoms with Gasteiger partial charge in [-0.2, -0.15) is 0 Å². The molecule has 5 saturated carbocycles. The molecule has 0 atom stereocenters. The average molecular weight is 579 g/mol. The van der Waals surface area contributed by atoms with Gasteiger partial charge in [0.2, 0.25) is 0 Å². The van der Waals surface area contributed by atoms with Crippen molar-refractivity contribution in [2.24, 2.45) is 23.7 Å². The summed E-state index contributed by atoms with van der Waals surface area (Å²) in [7, 11) is 0. The molecule has 5 aliphatic rings. The summed E-state index contributed by atoms with van der Waals surface area (Å²) in [4.78, 5) is 5.72. The van der Waals surface area contributed by atoms with E-state index in [4.69, 9.17) is 0 Å². The van der Waals surface area contributed by atoms with Gasteiger partial charge in [0.05, 0.1) is 0 Å². The summed E-state index contributed by atoms with van der Waals surface area (Å²) in [6.45, 7) is 10.9. The Morgan fingerprint density at radius 1 is 0.405 bits per heavy atom. The second-order valence-electron chi connectivity index (χ2n) is 15.4. The molecule has 5 fully saturated rings. The van der Waals surface area contributed by atoms with Gasteiger partial charge < -0.3 is 4.90 Å². The monoisotopic (exact) mass is 579 g/mol. The van der Waals surface area contributed by atoms with Crippen LogP contribution in [0.5, 0.6) is 0 Å². The Balaban J connectivity index is 1.34. The second-order valence-corrected chi connectivity index (χ2v) is 15.4. The third-order valence-electron chi connectivity index (χ3n) is 13.2. The zero-order valence-electron chi connectivity index (χ0n) is 28.5. The topological polar surface area (TPSA) is 6.48 Å². The van der Waals surface area contributed by atoms with Gasteiger partial charge in [-0.05, 0) is 133 Å². The largest absolute Gasteiger partial charge is 0.301 e. The maximum absolute atomic E-state index is 2.97. The maximum atomic E-state index is 2.97. The van der Waals surface area contributed by atoms with Crippen molar-refractivity contribution in [2.75, 3.05) is 19.6 Å². The van der Waals surface area contributed by atoms with Crippen LogP contribution in [0.3, 0.4) is 0 Å². The van der Waals surface area contributed by atoms with Gasteiger partial charge in [0.15, 0.2) is 0 Å². The fourth-order valence-electron chi connectivity index (χ4n) is 10.8. The lowest BCUT2D eigenvalue weighted by atomic mass is 9.70. The zero-order valence-corrected chi connectivity index (χ0v) is 28.5. The molecule has 0 spiro atoms. The van der Waals surface area contributed by atoms with Crippen molar-refractivity contribution in [3.05, 3.63) is 23.3 Å². The van der Waals surface area contributed by atoms with E-state index in [1.165, 1.54) is 167 Å². The molecule has 0 aromatic carbocycles. The first kappa shape index (κ1) is 32.8. The molecule has 5 aliphatic carbocycles. The highest BCUT2D eigenvalue weighted by Gasteiger charge is 2.35. The predicted molar refractivity (Wildman–Crippen MR) is 183 cm³/mol. The van der Waals surface area contributed by atoms with E-state index < -0.39 is 0 Å². The molecule has 0 aromatic heterocycles. The van der Waals surface area contributed by atoms with Crippen molar-refractivity contribution in [1.29, 1.82) is 0 Å². The highest BCUT2D eigenvalue weighted by molar-refractivity contribution is 5.26. The molecule has 0 saturated heterocycles. The molecule has 5 rings (SSSR count). The molecule has 0 N–H and O–H groups in total. The Morgan fingerprint density at radius 3 is 1.17 bits per heavy atom. The number of rotatable bonds is 11. The van der Waals surface area contributed by atoms with Crippen LogP contribution in [-0.2, 0) is 0 Å². The molecule has 0 heterocycles. The third-order valence-corrected chi connectivity index (χ3v) is 13.2. The molecule has 2 nitrogen and oxygen atoms in total. The van der Waals surface area contributed by atoms with Crippen LogP contribution in [0.15, 0.2) is 23.3 Å². The van der Waals surface area contributed by atoms with Gasteiger partial charge in [-0.3, -0.25) is 4.90 Å². The number of nitrogens with zero attached hydrogens (tertiary/aromatic N) is 2. The second kappa shape index (κ2) is 17.2. The lowest BCUT2D eigenvalue weighted by molar-refractivity contribution is 0.0775. The zero-order chi connectivity index (χ0) is 29.1. The Hall–Kier alpha value is -0.600. The van der Waals surface area contributed by atoms with Crippen molar-refractivity contribution in [3.63, 3.8) is 0 Å². The first-order valence-electron chi connectivity index (χ1n) is 19.6. The third kappa shape index (κ3) is 8.56. The normalized spacial score (nSPS) is 31.5. The lowest BCUT2D eigenvalue weighted by Crippen LogP contribution is -2.46. The van der Waals surface area contributed by atoms with Gasteiger partial charge in [-0.25, -0.2) is 0 Å². The molecule has 42 heavy (non-hydrogen) atoms. The van der Waals surface area contributed by atoms with E-state index in [0.29, 0.717) is 0 Å². The van der Waals surface area contributed by atoms with E-state index in [1.54, 1.807) is 0 Å². The minimum atomic E-state index is 0.831. The average Bonchev–Trinajstić information content (AvgIpc) is 3.06. The highest BCUT2D eigenvalue weighted by atomic mass is 15.2. The molecule has 0 bridgehead atoms. The van der Waals surface area contributed by atoms with E-state index in [2.05, 4.69) is 42.7 Å². The standard InChI is InChI=1S/C40H70N2/c1-4-41(5-2)36-26-22-34(23-27-36)40(31-30-39(32-16-10-7-11-17-32)33-18-12-8-13-19-33)35-24-28-38(29-25-35)42(6-3)37-20-14-9-15-21-37/h30-38H,4-29H2,1-3H3/b40-31-. The molecule has 0 unspecified atom stereocenters. The number of hydrogen-bond acceptors (Lipinski definition) is 2. The molecule has 0 aliphatic heterocycles. The van der Waals surface area contributed by atoms with Crippen molar-refractivity contribution >= 4 is 0 Å². The number of hydrogen-bond donors (Lipinski definition) is 0. The smallest absolute Gasteiger partial charge is 0.00985 e. The first-order chi connectivity index (χ1) is 20.7. The Labute approximate surface area is 262 Å². The highest BCUT2D eigenvalue weighted by Crippen LogP contribution is 2.44. The van der Waals surface area contributed by atoms with E-state index in [0.717, 1.165) is 41.8 Å². The van der Waals surface area contributed by atoms with Gasteiger partial charge in [0, 0.05) is 18.1 Å². The van der Waals surface area contributed by atoms with Crippen LogP contribution in [-0.4, -0.2) is 47.6 Å². The van der Waals surface area contributed by atoms with E-state index in [9.17, 15) is 0 Å². The molecule has 0 aromatic rings. The van der Waals surface area contributed by atoms with Gasteiger partial charge in [0.1, 0.15) is 0 Å². The van der Waals surface area contributed by atoms with Crippen LogP contribution >= 0.6 is 0 Å². The van der Waals surface area contributed by atoms with Crippen molar-refractivity contribution in [3.8, 4) is 0 Å². The predicted octanol–water partition coefficient (Wildman–Crippen LogP) is 11.1. The molecule has 2 heteroatoms. The van der Waals surface area contributed by atoms with Gasteiger partial charge >= 0.3 is 0 Å².